The van der Waals surface area contributed by atoms with Gasteiger partial charge in [0.1, 0.15) is 0 Å². The van der Waals surface area contributed by atoms with Crippen LogP contribution in [0.15, 0.2) is 25.3 Å². The molecule has 0 fully saturated rings. The zero-order valence-corrected chi connectivity index (χ0v) is 7.49. The molecule has 0 aliphatic rings. The van der Waals surface area contributed by atoms with Gasteiger partial charge in [0.25, 0.3) is 0 Å². The Labute approximate surface area is 73.5 Å². The van der Waals surface area contributed by atoms with Gasteiger partial charge in [-0.05, 0) is 6.92 Å². The Balaban J connectivity index is 4.17. The molecule has 0 radical (unpaired) electrons. The molecule has 1 unspecified atom stereocenters. The average Bonchev–Trinajstić information content (AvgIpc) is 2.03. The molecule has 0 spiro atoms. The van der Waals surface area contributed by atoms with E-state index in [0.29, 0.717) is 13.1 Å². The van der Waals surface area contributed by atoms with E-state index in [0.717, 1.165) is 0 Å². The largest absolute Gasteiger partial charge is 0.334 e. The summed E-state index contributed by atoms with van der Waals surface area (Å²) in [5, 5.41) is 0. The number of amides is 1. The maximum atomic E-state index is 11.3. The summed E-state index contributed by atoms with van der Waals surface area (Å²) in [5.41, 5.74) is 5.44. The van der Waals surface area contributed by atoms with Crippen LogP contribution in [0.3, 0.4) is 0 Å². The molecular weight excluding hydrogens is 152 g/mol. The van der Waals surface area contributed by atoms with E-state index in [2.05, 4.69) is 13.2 Å². The minimum atomic E-state index is -0.454. The number of hydrogen-bond acceptors (Lipinski definition) is 2. The van der Waals surface area contributed by atoms with Crippen molar-refractivity contribution >= 4 is 5.91 Å². The van der Waals surface area contributed by atoms with Gasteiger partial charge in [-0.2, -0.15) is 0 Å². The van der Waals surface area contributed by atoms with Crippen molar-refractivity contribution < 1.29 is 4.79 Å². The van der Waals surface area contributed by atoms with E-state index >= 15 is 0 Å². The lowest BCUT2D eigenvalue weighted by Crippen LogP contribution is -2.42. The summed E-state index contributed by atoms with van der Waals surface area (Å²) < 4.78 is 0. The topological polar surface area (TPSA) is 46.3 Å². The van der Waals surface area contributed by atoms with Gasteiger partial charge in [0.2, 0.25) is 5.91 Å². The van der Waals surface area contributed by atoms with Gasteiger partial charge in [-0.3, -0.25) is 4.79 Å². The van der Waals surface area contributed by atoms with Crippen molar-refractivity contribution in [1.82, 2.24) is 4.90 Å². The van der Waals surface area contributed by atoms with Gasteiger partial charge >= 0.3 is 0 Å². The third kappa shape index (κ3) is 3.34. The molecule has 68 valence electrons. The normalized spacial score (nSPS) is 11.8. The van der Waals surface area contributed by atoms with Crippen molar-refractivity contribution in [2.75, 3.05) is 13.1 Å². The molecule has 0 saturated heterocycles. The lowest BCUT2D eigenvalue weighted by molar-refractivity contribution is -0.131. The third-order valence-corrected chi connectivity index (χ3v) is 1.40. The first-order valence-corrected chi connectivity index (χ1v) is 3.89. The second-order valence-electron chi connectivity index (χ2n) is 2.61. The van der Waals surface area contributed by atoms with Crippen LogP contribution >= 0.6 is 0 Å². The van der Waals surface area contributed by atoms with E-state index in [-0.39, 0.29) is 5.91 Å². The van der Waals surface area contributed by atoms with Crippen LogP contribution in [0.4, 0.5) is 0 Å². The highest BCUT2D eigenvalue weighted by Crippen LogP contribution is 1.93. The molecule has 12 heavy (non-hydrogen) atoms. The Morgan fingerprint density at radius 1 is 1.50 bits per heavy atom. The predicted molar refractivity (Wildman–Crippen MR) is 50.6 cm³/mol. The molecule has 3 heteroatoms. The number of carbonyl (C=O) groups excluding carboxylic acids is 1. The second-order valence-corrected chi connectivity index (χ2v) is 2.61. The molecule has 1 amide bonds. The van der Waals surface area contributed by atoms with Gasteiger partial charge in [-0.1, -0.05) is 12.2 Å². The van der Waals surface area contributed by atoms with Crippen LogP contribution in [0.2, 0.25) is 0 Å². The minimum Gasteiger partial charge on any atom is -0.334 e. The van der Waals surface area contributed by atoms with E-state index in [1.165, 1.54) is 0 Å². The fourth-order valence-electron chi connectivity index (χ4n) is 0.854. The maximum Gasteiger partial charge on any atom is 0.239 e. The van der Waals surface area contributed by atoms with Crippen LogP contribution in [0, 0.1) is 0 Å². The number of hydrogen-bond donors (Lipinski definition) is 1. The first kappa shape index (κ1) is 10.9. The first-order chi connectivity index (χ1) is 5.63. The van der Waals surface area contributed by atoms with E-state index < -0.39 is 6.04 Å². The van der Waals surface area contributed by atoms with E-state index in [9.17, 15) is 4.79 Å². The molecule has 1 atom stereocenters. The van der Waals surface area contributed by atoms with Crippen molar-refractivity contribution in [3.63, 3.8) is 0 Å². The Bertz CT molecular complexity index is 165. The SMILES string of the molecule is C=CCN(CC=C)C(=O)C(C)N. The predicted octanol–water partition coefficient (Wildman–Crippen LogP) is 0.534. The monoisotopic (exact) mass is 168 g/mol. The summed E-state index contributed by atoms with van der Waals surface area (Å²) >= 11 is 0. The Morgan fingerprint density at radius 3 is 2.17 bits per heavy atom. The molecule has 2 N–H and O–H groups in total. The minimum absolute atomic E-state index is 0.0743. The highest BCUT2D eigenvalue weighted by atomic mass is 16.2. The molecule has 0 rings (SSSR count). The molecule has 3 nitrogen and oxygen atoms in total. The number of nitrogens with zero attached hydrogens (tertiary/aromatic N) is 1. The molecule has 0 heterocycles. The van der Waals surface area contributed by atoms with Crippen molar-refractivity contribution in [3.8, 4) is 0 Å². The third-order valence-electron chi connectivity index (χ3n) is 1.40. The first-order valence-electron chi connectivity index (χ1n) is 3.89. The van der Waals surface area contributed by atoms with Crippen LogP contribution < -0.4 is 5.73 Å². The van der Waals surface area contributed by atoms with E-state index in [1.54, 1.807) is 24.0 Å². The fraction of sp³-hybridized carbons (Fsp3) is 0.444. The molecule has 0 saturated carbocycles. The molecule has 0 aromatic heterocycles. The summed E-state index contributed by atoms with van der Waals surface area (Å²) in [6, 6.07) is -0.454. The summed E-state index contributed by atoms with van der Waals surface area (Å²) in [6.07, 6.45) is 3.34. The Hall–Kier alpha value is -1.09. The van der Waals surface area contributed by atoms with Crippen molar-refractivity contribution in [2.45, 2.75) is 13.0 Å². The number of carbonyl (C=O) groups is 1. The molecule has 0 aromatic rings. The maximum absolute atomic E-state index is 11.3. The average molecular weight is 168 g/mol. The van der Waals surface area contributed by atoms with Crippen molar-refractivity contribution in [1.29, 1.82) is 0 Å². The lowest BCUT2D eigenvalue weighted by Gasteiger charge is -2.20. The van der Waals surface area contributed by atoms with E-state index in [1.807, 2.05) is 0 Å². The summed E-state index contributed by atoms with van der Waals surface area (Å²) in [6.45, 7) is 9.82. The van der Waals surface area contributed by atoms with Gasteiger partial charge in [-0.15, -0.1) is 13.2 Å². The van der Waals surface area contributed by atoms with Gasteiger partial charge in [0.05, 0.1) is 6.04 Å². The zero-order chi connectivity index (χ0) is 9.56. The number of nitrogens with two attached hydrogens (primary N) is 1. The summed E-state index contributed by atoms with van der Waals surface area (Å²) in [7, 11) is 0. The Kier molecular flexibility index (Phi) is 5.04. The lowest BCUT2D eigenvalue weighted by atomic mass is 10.3. The fourth-order valence-corrected chi connectivity index (χ4v) is 0.854. The molecule has 0 aliphatic heterocycles. The van der Waals surface area contributed by atoms with Crippen LogP contribution in [0.1, 0.15) is 6.92 Å². The van der Waals surface area contributed by atoms with Crippen LogP contribution in [-0.4, -0.2) is 29.9 Å². The second kappa shape index (κ2) is 5.55. The van der Waals surface area contributed by atoms with E-state index in [4.69, 9.17) is 5.73 Å². The van der Waals surface area contributed by atoms with Crippen molar-refractivity contribution in [3.05, 3.63) is 25.3 Å². The molecule has 0 aromatic carbocycles. The smallest absolute Gasteiger partial charge is 0.239 e. The summed E-state index contributed by atoms with van der Waals surface area (Å²) in [5.74, 6) is -0.0743. The standard InChI is InChI=1S/C9H16N2O/c1-4-6-11(7-5-2)9(12)8(3)10/h4-5,8H,1-2,6-7,10H2,3H3. The molecular formula is C9H16N2O. The highest BCUT2D eigenvalue weighted by Gasteiger charge is 2.13. The van der Waals surface area contributed by atoms with Crippen LogP contribution in [0.25, 0.3) is 0 Å². The van der Waals surface area contributed by atoms with Crippen LogP contribution in [0.5, 0.6) is 0 Å². The zero-order valence-electron chi connectivity index (χ0n) is 7.49. The quantitative estimate of drug-likeness (QED) is 0.609. The van der Waals surface area contributed by atoms with Crippen molar-refractivity contribution in [2.24, 2.45) is 5.73 Å². The van der Waals surface area contributed by atoms with Gasteiger partial charge in [0, 0.05) is 13.1 Å². The summed E-state index contributed by atoms with van der Waals surface area (Å²) in [4.78, 5) is 12.9. The van der Waals surface area contributed by atoms with Crippen LogP contribution in [-0.2, 0) is 4.79 Å². The molecule has 0 bridgehead atoms. The van der Waals surface area contributed by atoms with Gasteiger partial charge in [-0.25, -0.2) is 0 Å². The number of rotatable bonds is 5. The Morgan fingerprint density at radius 2 is 1.92 bits per heavy atom. The molecule has 0 aliphatic carbocycles. The van der Waals surface area contributed by atoms with Gasteiger partial charge < -0.3 is 10.6 Å². The highest BCUT2D eigenvalue weighted by molar-refractivity contribution is 5.81. The van der Waals surface area contributed by atoms with Gasteiger partial charge in [0.15, 0.2) is 0 Å².